The summed E-state index contributed by atoms with van der Waals surface area (Å²) in [5, 5.41) is 15.8. The fourth-order valence-corrected chi connectivity index (χ4v) is 5.23. The lowest BCUT2D eigenvalue weighted by Gasteiger charge is -2.35. The molecule has 0 bridgehead atoms. The molecule has 3 N–H and O–H groups in total. The third kappa shape index (κ3) is 4.44. The van der Waals surface area contributed by atoms with Gasteiger partial charge in [-0.2, -0.15) is 0 Å². The fourth-order valence-electron chi connectivity index (χ4n) is 5.23. The van der Waals surface area contributed by atoms with Crippen LogP contribution in [-0.4, -0.2) is 53.5 Å². The van der Waals surface area contributed by atoms with Crippen LogP contribution < -0.4 is 10.6 Å². The Morgan fingerprint density at radius 1 is 1.12 bits per heavy atom. The molecule has 6 atom stereocenters. The van der Waals surface area contributed by atoms with E-state index in [-0.39, 0.29) is 36.2 Å². The molecule has 3 amide bonds. The molecule has 2 aliphatic rings. The first-order valence-corrected chi connectivity index (χ1v) is 11.5. The summed E-state index contributed by atoms with van der Waals surface area (Å²) in [6.07, 6.45) is 4.65. The molecule has 0 saturated carbocycles. The van der Waals surface area contributed by atoms with Crippen molar-refractivity contribution in [2.75, 3.05) is 13.7 Å². The Hall–Kier alpha value is -2.67. The molecule has 7 heteroatoms. The van der Waals surface area contributed by atoms with Gasteiger partial charge in [0.1, 0.15) is 6.04 Å². The normalized spacial score (nSPS) is 27.9. The average Bonchev–Trinajstić information content (AvgIpc) is 3.09. The number of carbonyl (C=O) groups excluding carboxylic acids is 3. The SMILES string of the molecule is CC[C@@H]1C=C[C@H]2[C@H](C(=O)N([C@@H](CO)C(C)C)[C@@H]2C(=O)NCc2ccccc2)[C@@H]1C(=O)NC. The number of nitrogens with one attached hydrogen (secondary N) is 2. The van der Waals surface area contributed by atoms with E-state index in [2.05, 4.69) is 10.6 Å². The predicted octanol–water partition coefficient (Wildman–Crippen LogP) is 1.72. The minimum atomic E-state index is -0.767. The molecule has 1 aliphatic heterocycles. The van der Waals surface area contributed by atoms with Crippen LogP contribution in [0.4, 0.5) is 0 Å². The lowest BCUT2D eigenvalue weighted by atomic mass is 9.69. The molecule has 32 heavy (non-hydrogen) atoms. The largest absolute Gasteiger partial charge is 0.394 e. The number of rotatable bonds is 8. The minimum absolute atomic E-state index is 0.0436. The molecule has 7 nitrogen and oxygen atoms in total. The van der Waals surface area contributed by atoms with Gasteiger partial charge in [-0.3, -0.25) is 14.4 Å². The number of aliphatic hydroxyl groups is 1. The number of hydrogen-bond acceptors (Lipinski definition) is 4. The zero-order chi connectivity index (χ0) is 23.4. The summed E-state index contributed by atoms with van der Waals surface area (Å²) in [6, 6.07) is 8.32. The first-order chi connectivity index (χ1) is 15.3. The molecule has 174 valence electrons. The van der Waals surface area contributed by atoms with Gasteiger partial charge in [-0.25, -0.2) is 0 Å². The summed E-state index contributed by atoms with van der Waals surface area (Å²) >= 11 is 0. The lowest BCUT2D eigenvalue weighted by molar-refractivity contribution is -0.144. The van der Waals surface area contributed by atoms with Crippen LogP contribution in [0.25, 0.3) is 0 Å². The summed E-state index contributed by atoms with van der Waals surface area (Å²) < 4.78 is 0. The smallest absolute Gasteiger partial charge is 0.243 e. The Bertz CT molecular complexity index is 854. The lowest BCUT2D eigenvalue weighted by Crippen LogP contribution is -2.53. The first kappa shape index (κ1) is 24.0. The molecule has 1 aromatic rings. The van der Waals surface area contributed by atoms with Crippen LogP contribution in [-0.2, 0) is 20.9 Å². The second kappa shape index (κ2) is 10.3. The molecule has 1 fully saturated rings. The number of hydrogen-bond donors (Lipinski definition) is 3. The van der Waals surface area contributed by atoms with Gasteiger partial charge in [-0.15, -0.1) is 0 Å². The highest BCUT2D eigenvalue weighted by Crippen LogP contribution is 2.46. The summed E-state index contributed by atoms with van der Waals surface area (Å²) in [5.41, 5.74) is 0.962. The van der Waals surface area contributed by atoms with Crippen LogP contribution in [0.15, 0.2) is 42.5 Å². The van der Waals surface area contributed by atoms with Crippen molar-refractivity contribution >= 4 is 17.7 Å². The third-order valence-corrected chi connectivity index (χ3v) is 6.96. The van der Waals surface area contributed by atoms with Crippen molar-refractivity contribution < 1.29 is 19.5 Å². The van der Waals surface area contributed by atoms with Crippen LogP contribution in [0.3, 0.4) is 0 Å². The highest BCUT2D eigenvalue weighted by molar-refractivity contribution is 5.97. The molecule has 0 aromatic heterocycles. The summed E-state index contributed by atoms with van der Waals surface area (Å²) in [5.74, 6) is -2.35. The Balaban J connectivity index is 1.98. The summed E-state index contributed by atoms with van der Waals surface area (Å²) in [7, 11) is 1.58. The zero-order valence-electron chi connectivity index (χ0n) is 19.3. The number of nitrogens with zero attached hydrogens (tertiary/aromatic N) is 1. The number of allylic oxidation sites excluding steroid dienone is 1. The van der Waals surface area contributed by atoms with Gasteiger partial charge in [0.05, 0.1) is 24.5 Å². The van der Waals surface area contributed by atoms with E-state index in [0.717, 1.165) is 12.0 Å². The van der Waals surface area contributed by atoms with Gasteiger partial charge >= 0.3 is 0 Å². The number of benzene rings is 1. The number of aliphatic hydroxyl groups excluding tert-OH is 1. The third-order valence-electron chi connectivity index (χ3n) is 6.96. The molecule has 1 heterocycles. The van der Waals surface area contributed by atoms with Gasteiger partial charge in [0.25, 0.3) is 0 Å². The molecular weight excluding hydrogens is 406 g/mol. The Morgan fingerprint density at radius 3 is 2.38 bits per heavy atom. The van der Waals surface area contributed by atoms with E-state index in [9.17, 15) is 19.5 Å². The van der Waals surface area contributed by atoms with Crippen LogP contribution in [0.1, 0.15) is 32.8 Å². The zero-order valence-corrected chi connectivity index (χ0v) is 19.3. The van der Waals surface area contributed by atoms with Gasteiger partial charge in [0, 0.05) is 19.5 Å². The molecule has 1 saturated heterocycles. The van der Waals surface area contributed by atoms with E-state index in [4.69, 9.17) is 0 Å². The minimum Gasteiger partial charge on any atom is -0.394 e. The van der Waals surface area contributed by atoms with E-state index < -0.39 is 29.8 Å². The van der Waals surface area contributed by atoms with E-state index >= 15 is 0 Å². The van der Waals surface area contributed by atoms with Gasteiger partial charge in [-0.05, 0) is 23.8 Å². The molecule has 0 spiro atoms. The topological polar surface area (TPSA) is 98.7 Å². The van der Waals surface area contributed by atoms with Crippen molar-refractivity contribution in [3.8, 4) is 0 Å². The maximum absolute atomic E-state index is 13.7. The number of fused-ring (bicyclic) bond motifs is 1. The Kier molecular flexibility index (Phi) is 7.72. The number of carbonyl (C=O) groups is 3. The van der Waals surface area contributed by atoms with E-state index in [1.165, 1.54) is 0 Å². The van der Waals surface area contributed by atoms with Crippen molar-refractivity contribution in [1.29, 1.82) is 0 Å². The Labute approximate surface area is 190 Å². The first-order valence-electron chi connectivity index (χ1n) is 11.5. The van der Waals surface area contributed by atoms with Crippen molar-refractivity contribution in [3.63, 3.8) is 0 Å². The van der Waals surface area contributed by atoms with E-state index in [1.54, 1.807) is 11.9 Å². The van der Waals surface area contributed by atoms with Crippen LogP contribution >= 0.6 is 0 Å². The predicted molar refractivity (Wildman–Crippen MR) is 122 cm³/mol. The van der Waals surface area contributed by atoms with Gasteiger partial charge in [-0.1, -0.05) is 63.3 Å². The molecule has 1 aliphatic carbocycles. The number of likely N-dealkylation sites (tertiary alicyclic amines) is 1. The number of amides is 3. The monoisotopic (exact) mass is 441 g/mol. The summed E-state index contributed by atoms with van der Waals surface area (Å²) in [4.78, 5) is 41.6. The fraction of sp³-hybridized carbons (Fsp3) is 0.560. The van der Waals surface area contributed by atoms with Gasteiger partial charge < -0.3 is 20.6 Å². The van der Waals surface area contributed by atoms with E-state index in [0.29, 0.717) is 6.54 Å². The van der Waals surface area contributed by atoms with Crippen LogP contribution in [0.5, 0.6) is 0 Å². The standard InChI is InChI=1S/C25H35N3O4/c1-5-17-11-12-18-21(20(17)23(30)26-4)25(32)28(19(14-29)15(2)3)22(18)24(31)27-13-16-9-7-6-8-10-16/h6-12,15,17-22,29H,5,13-14H2,1-4H3,(H,26,30)(H,27,31)/t17-,18+,19+,20-,21+,22+/m1/s1. The molecule has 0 unspecified atom stereocenters. The highest BCUT2D eigenvalue weighted by Gasteiger charge is 2.58. The van der Waals surface area contributed by atoms with Gasteiger partial charge in [0.15, 0.2) is 0 Å². The Morgan fingerprint density at radius 2 is 1.81 bits per heavy atom. The molecular formula is C25H35N3O4. The van der Waals surface area contributed by atoms with Gasteiger partial charge in [0.2, 0.25) is 17.7 Å². The molecule has 1 aromatic carbocycles. The van der Waals surface area contributed by atoms with Crippen molar-refractivity contribution in [2.45, 2.75) is 45.8 Å². The molecule has 0 radical (unpaired) electrons. The van der Waals surface area contributed by atoms with Crippen molar-refractivity contribution in [2.24, 2.45) is 29.6 Å². The quantitative estimate of drug-likeness (QED) is 0.535. The van der Waals surface area contributed by atoms with E-state index in [1.807, 2.05) is 63.3 Å². The van der Waals surface area contributed by atoms with Crippen molar-refractivity contribution in [3.05, 3.63) is 48.0 Å². The second-order valence-corrected chi connectivity index (χ2v) is 9.09. The second-order valence-electron chi connectivity index (χ2n) is 9.09. The summed E-state index contributed by atoms with van der Waals surface area (Å²) in [6.45, 7) is 5.96. The van der Waals surface area contributed by atoms with Crippen LogP contribution in [0, 0.1) is 29.6 Å². The maximum Gasteiger partial charge on any atom is 0.243 e. The highest BCUT2D eigenvalue weighted by atomic mass is 16.3. The average molecular weight is 442 g/mol. The van der Waals surface area contributed by atoms with Crippen LogP contribution in [0.2, 0.25) is 0 Å². The van der Waals surface area contributed by atoms with Crippen molar-refractivity contribution in [1.82, 2.24) is 15.5 Å². The molecule has 3 rings (SSSR count). The maximum atomic E-state index is 13.7.